The van der Waals surface area contributed by atoms with Gasteiger partial charge < -0.3 is 10.1 Å². The summed E-state index contributed by atoms with van der Waals surface area (Å²) in [5, 5.41) is 5.51. The number of rotatable bonds is 4. The minimum Gasteiger partial charge on any atom is -0.450 e. The molecule has 0 aromatic heterocycles. The summed E-state index contributed by atoms with van der Waals surface area (Å²) in [5.41, 5.74) is 3.94. The van der Waals surface area contributed by atoms with Gasteiger partial charge in [0.15, 0.2) is 0 Å². The van der Waals surface area contributed by atoms with Crippen LogP contribution in [0.25, 0.3) is 0 Å². The molecule has 23 heavy (non-hydrogen) atoms. The van der Waals surface area contributed by atoms with Crippen molar-refractivity contribution < 1.29 is 14.3 Å². The molecule has 0 aliphatic carbocycles. The third-order valence-electron chi connectivity index (χ3n) is 3.39. The fourth-order valence-electron chi connectivity index (χ4n) is 2.19. The van der Waals surface area contributed by atoms with Crippen LogP contribution >= 0.6 is 0 Å². The molecule has 2 aromatic carbocycles. The van der Waals surface area contributed by atoms with Gasteiger partial charge in [0.2, 0.25) is 0 Å². The van der Waals surface area contributed by atoms with Crippen LogP contribution < -0.4 is 10.6 Å². The lowest BCUT2D eigenvalue weighted by Crippen LogP contribution is -2.15. The SMILES string of the molecule is CCOC(=O)Nc1ccc(C(=O)Nc2c(C)cccc2C)cc1. The maximum absolute atomic E-state index is 12.3. The van der Waals surface area contributed by atoms with Crippen molar-refractivity contribution in [3.05, 3.63) is 59.2 Å². The number of aryl methyl sites for hydroxylation is 2. The number of amides is 2. The summed E-state index contributed by atoms with van der Waals surface area (Å²) in [4.78, 5) is 23.7. The molecule has 0 bridgehead atoms. The van der Waals surface area contributed by atoms with Gasteiger partial charge in [-0.1, -0.05) is 18.2 Å². The van der Waals surface area contributed by atoms with Crippen LogP contribution in [-0.4, -0.2) is 18.6 Å². The molecule has 2 amide bonds. The van der Waals surface area contributed by atoms with Crippen LogP contribution in [0.4, 0.5) is 16.2 Å². The summed E-state index contributed by atoms with van der Waals surface area (Å²) >= 11 is 0. The monoisotopic (exact) mass is 312 g/mol. The van der Waals surface area contributed by atoms with E-state index in [1.807, 2.05) is 32.0 Å². The Hall–Kier alpha value is -2.82. The molecule has 0 atom stereocenters. The fourth-order valence-corrected chi connectivity index (χ4v) is 2.19. The minimum absolute atomic E-state index is 0.190. The number of nitrogens with one attached hydrogen (secondary N) is 2. The maximum Gasteiger partial charge on any atom is 0.411 e. The highest BCUT2D eigenvalue weighted by Crippen LogP contribution is 2.20. The Morgan fingerprint density at radius 2 is 1.57 bits per heavy atom. The lowest BCUT2D eigenvalue weighted by Gasteiger charge is -2.12. The van der Waals surface area contributed by atoms with Crippen molar-refractivity contribution in [2.45, 2.75) is 20.8 Å². The van der Waals surface area contributed by atoms with E-state index in [0.29, 0.717) is 17.9 Å². The molecule has 120 valence electrons. The number of para-hydroxylation sites is 1. The molecule has 5 nitrogen and oxygen atoms in total. The summed E-state index contributed by atoms with van der Waals surface area (Å²) in [7, 11) is 0. The summed E-state index contributed by atoms with van der Waals surface area (Å²) in [5.74, 6) is -0.190. The molecule has 0 aliphatic heterocycles. The Labute approximate surface area is 135 Å². The number of hydrogen-bond donors (Lipinski definition) is 2. The van der Waals surface area contributed by atoms with E-state index in [0.717, 1.165) is 16.8 Å². The van der Waals surface area contributed by atoms with E-state index in [9.17, 15) is 9.59 Å². The molecule has 0 fully saturated rings. The molecule has 2 N–H and O–H groups in total. The van der Waals surface area contributed by atoms with Gasteiger partial charge in [0.05, 0.1) is 6.61 Å². The molecule has 2 aromatic rings. The van der Waals surface area contributed by atoms with Crippen LogP contribution in [0.3, 0.4) is 0 Å². The molecule has 0 saturated heterocycles. The highest BCUT2D eigenvalue weighted by atomic mass is 16.5. The minimum atomic E-state index is -0.514. The molecule has 0 heterocycles. The lowest BCUT2D eigenvalue weighted by molar-refractivity contribution is 0.102. The van der Waals surface area contributed by atoms with Gasteiger partial charge in [-0.3, -0.25) is 10.1 Å². The normalized spacial score (nSPS) is 10.0. The smallest absolute Gasteiger partial charge is 0.411 e. The second-order valence-corrected chi connectivity index (χ2v) is 5.14. The van der Waals surface area contributed by atoms with E-state index in [1.165, 1.54) is 0 Å². The van der Waals surface area contributed by atoms with Gasteiger partial charge in [0, 0.05) is 16.9 Å². The van der Waals surface area contributed by atoms with Gasteiger partial charge in [-0.05, 0) is 56.2 Å². The third kappa shape index (κ3) is 4.32. The highest BCUT2D eigenvalue weighted by molar-refractivity contribution is 6.05. The van der Waals surface area contributed by atoms with Crippen molar-refractivity contribution in [3.63, 3.8) is 0 Å². The maximum atomic E-state index is 12.3. The first-order valence-corrected chi connectivity index (χ1v) is 7.42. The van der Waals surface area contributed by atoms with E-state index in [-0.39, 0.29) is 5.91 Å². The van der Waals surface area contributed by atoms with Crippen molar-refractivity contribution in [2.24, 2.45) is 0 Å². The second-order valence-electron chi connectivity index (χ2n) is 5.14. The van der Waals surface area contributed by atoms with Gasteiger partial charge in [0.1, 0.15) is 0 Å². The zero-order valence-electron chi connectivity index (χ0n) is 13.5. The fraction of sp³-hybridized carbons (Fsp3) is 0.222. The summed E-state index contributed by atoms with van der Waals surface area (Å²) in [6.45, 7) is 5.95. The van der Waals surface area contributed by atoms with Crippen LogP contribution in [-0.2, 0) is 4.74 Å². The van der Waals surface area contributed by atoms with Crippen molar-refractivity contribution >= 4 is 23.4 Å². The summed E-state index contributed by atoms with van der Waals surface area (Å²) in [6, 6.07) is 12.5. The molecule has 0 radical (unpaired) electrons. The number of ether oxygens (including phenoxy) is 1. The van der Waals surface area contributed by atoms with Crippen LogP contribution in [0.2, 0.25) is 0 Å². The van der Waals surface area contributed by atoms with Crippen LogP contribution in [0.15, 0.2) is 42.5 Å². The van der Waals surface area contributed by atoms with E-state index >= 15 is 0 Å². The lowest BCUT2D eigenvalue weighted by atomic mass is 10.1. The first-order valence-electron chi connectivity index (χ1n) is 7.42. The largest absolute Gasteiger partial charge is 0.450 e. The number of hydrogen-bond acceptors (Lipinski definition) is 3. The van der Waals surface area contributed by atoms with Crippen molar-refractivity contribution in [3.8, 4) is 0 Å². The van der Waals surface area contributed by atoms with Gasteiger partial charge >= 0.3 is 6.09 Å². The summed E-state index contributed by atoms with van der Waals surface area (Å²) in [6.07, 6.45) is -0.514. The van der Waals surface area contributed by atoms with Gasteiger partial charge in [-0.2, -0.15) is 0 Å². The molecule has 0 spiro atoms. The Morgan fingerprint density at radius 1 is 0.957 bits per heavy atom. The van der Waals surface area contributed by atoms with Gasteiger partial charge in [-0.15, -0.1) is 0 Å². The molecular weight excluding hydrogens is 292 g/mol. The molecule has 0 aliphatic rings. The Balaban J connectivity index is 2.07. The average molecular weight is 312 g/mol. The molecule has 0 unspecified atom stereocenters. The van der Waals surface area contributed by atoms with Gasteiger partial charge in [0.25, 0.3) is 5.91 Å². The quantitative estimate of drug-likeness (QED) is 0.892. The van der Waals surface area contributed by atoms with E-state index in [1.54, 1.807) is 31.2 Å². The molecule has 5 heteroatoms. The van der Waals surface area contributed by atoms with E-state index in [4.69, 9.17) is 4.74 Å². The standard InChI is InChI=1S/C18H20N2O3/c1-4-23-18(22)19-15-10-8-14(9-11-15)17(21)20-16-12(2)6-5-7-13(16)3/h5-11H,4H2,1-3H3,(H,19,22)(H,20,21). The molecular formula is C18H20N2O3. The Kier molecular flexibility index (Phi) is 5.36. The van der Waals surface area contributed by atoms with Gasteiger partial charge in [-0.25, -0.2) is 4.79 Å². The van der Waals surface area contributed by atoms with Crippen molar-refractivity contribution in [1.29, 1.82) is 0 Å². The van der Waals surface area contributed by atoms with Crippen molar-refractivity contribution in [1.82, 2.24) is 0 Å². The number of anilines is 2. The third-order valence-corrected chi connectivity index (χ3v) is 3.39. The Bertz CT molecular complexity index is 688. The summed E-state index contributed by atoms with van der Waals surface area (Å²) < 4.78 is 4.80. The first kappa shape index (κ1) is 16.5. The van der Waals surface area contributed by atoms with Crippen molar-refractivity contribution in [2.75, 3.05) is 17.2 Å². The van der Waals surface area contributed by atoms with Crippen LogP contribution in [0.1, 0.15) is 28.4 Å². The molecule has 2 rings (SSSR count). The Morgan fingerprint density at radius 3 is 2.13 bits per heavy atom. The zero-order valence-corrected chi connectivity index (χ0v) is 13.5. The number of benzene rings is 2. The van der Waals surface area contributed by atoms with E-state index < -0.39 is 6.09 Å². The molecule has 0 saturated carbocycles. The average Bonchev–Trinajstić information content (AvgIpc) is 2.52. The van der Waals surface area contributed by atoms with Crippen LogP contribution in [0.5, 0.6) is 0 Å². The van der Waals surface area contributed by atoms with Crippen LogP contribution in [0, 0.1) is 13.8 Å². The second kappa shape index (κ2) is 7.45. The number of carbonyl (C=O) groups is 2. The zero-order chi connectivity index (χ0) is 16.8. The van der Waals surface area contributed by atoms with E-state index in [2.05, 4.69) is 10.6 Å². The number of carbonyl (C=O) groups excluding carboxylic acids is 2. The first-order chi connectivity index (χ1) is 11.0. The predicted molar refractivity (Wildman–Crippen MR) is 91.0 cm³/mol. The highest BCUT2D eigenvalue weighted by Gasteiger charge is 2.10. The topological polar surface area (TPSA) is 67.4 Å². The predicted octanol–water partition coefficient (Wildman–Crippen LogP) is 4.12.